The summed E-state index contributed by atoms with van der Waals surface area (Å²) in [5.41, 5.74) is 6.76. The Hall–Kier alpha value is -0.460. The molecule has 9 heavy (non-hydrogen) atoms. The van der Waals surface area contributed by atoms with Crippen LogP contribution < -0.4 is 5.73 Å². The van der Waals surface area contributed by atoms with Crippen LogP contribution in [0.5, 0.6) is 0 Å². The van der Waals surface area contributed by atoms with Gasteiger partial charge in [0, 0.05) is 0 Å². The summed E-state index contributed by atoms with van der Waals surface area (Å²) >= 11 is 0. The predicted molar refractivity (Wildman–Crippen MR) is 41.9 cm³/mol. The van der Waals surface area contributed by atoms with Gasteiger partial charge in [-0.3, -0.25) is 0 Å². The van der Waals surface area contributed by atoms with E-state index in [-0.39, 0.29) is 0 Å². The van der Waals surface area contributed by atoms with Crippen LogP contribution in [0.4, 0.5) is 0 Å². The first-order valence-electron chi connectivity index (χ1n) is 3.51. The molecule has 0 heterocycles. The lowest BCUT2D eigenvalue weighted by atomic mass is 9.94. The van der Waals surface area contributed by atoms with Gasteiger partial charge < -0.3 is 5.73 Å². The average molecular weight is 127 g/mol. The lowest BCUT2D eigenvalue weighted by Gasteiger charge is -2.13. The molecule has 54 valence electrons. The molecule has 0 aliphatic rings. The first kappa shape index (κ1) is 8.54. The molecule has 0 unspecified atom stereocenters. The minimum atomic E-state index is 0.593. The molecule has 0 aliphatic carbocycles. The molecule has 0 saturated heterocycles. The van der Waals surface area contributed by atoms with Crippen molar-refractivity contribution in [1.29, 1.82) is 0 Å². The zero-order chi connectivity index (χ0) is 7.44. The third kappa shape index (κ3) is 2.54. The smallest absolute Gasteiger partial charge is 0.00652 e. The van der Waals surface area contributed by atoms with E-state index in [2.05, 4.69) is 27.7 Å². The molecule has 0 aliphatic heterocycles. The van der Waals surface area contributed by atoms with Crippen molar-refractivity contribution >= 4 is 0 Å². The highest BCUT2D eigenvalue weighted by atomic mass is 14.5. The van der Waals surface area contributed by atoms with Crippen molar-refractivity contribution in [2.24, 2.45) is 17.6 Å². The number of hydrogen-bond acceptors (Lipinski definition) is 1. The minimum Gasteiger partial charge on any atom is -0.405 e. The summed E-state index contributed by atoms with van der Waals surface area (Å²) in [6.45, 7) is 8.66. The van der Waals surface area contributed by atoms with Gasteiger partial charge in [-0.05, 0) is 23.6 Å². The summed E-state index contributed by atoms with van der Waals surface area (Å²) in [4.78, 5) is 0. The lowest BCUT2D eigenvalue weighted by molar-refractivity contribution is 0.623. The van der Waals surface area contributed by atoms with Gasteiger partial charge in [-0.15, -0.1) is 0 Å². The van der Waals surface area contributed by atoms with Gasteiger partial charge in [0.25, 0.3) is 0 Å². The Balaban J connectivity index is 4.01. The molecule has 0 aromatic carbocycles. The molecular formula is C8H17N. The van der Waals surface area contributed by atoms with Gasteiger partial charge in [0.05, 0.1) is 0 Å². The van der Waals surface area contributed by atoms with E-state index in [1.807, 2.05) is 0 Å². The van der Waals surface area contributed by atoms with Crippen LogP contribution in [0.1, 0.15) is 27.7 Å². The maximum absolute atomic E-state index is 5.41. The molecule has 0 aromatic heterocycles. The van der Waals surface area contributed by atoms with E-state index in [4.69, 9.17) is 5.73 Å². The molecule has 1 nitrogen and oxygen atoms in total. The predicted octanol–water partition coefficient (Wildman–Crippen LogP) is 2.14. The molecule has 0 amide bonds. The molecule has 0 spiro atoms. The van der Waals surface area contributed by atoms with Crippen molar-refractivity contribution in [3.63, 3.8) is 0 Å². The third-order valence-electron chi connectivity index (χ3n) is 1.53. The quantitative estimate of drug-likeness (QED) is 0.604. The largest absolute Gasteiger partial charge is 0.405 e. The van der Waals surface area contributed by atoms with E-state index in [0.29, 0.717) is 11.8 Å². The minimum absolute atomic E-state index is 0.593. The molecule has 0 atom stereocenters. The van der Waals surface area contributed by atoms with Crippen molar-refractivity contribution in [3.8, 4) is 0 Å². The number of nitrogens with two attached hydrogens (primary N) is 1. The van der Waals surface area contributed by atoms with E-state index in [9.17, 15) is 0 Å². The highest BCUT2D eigenvalue weighted by molar-refractivity contribution is 5.04. The standard InChI is InChI=1S/C8H17N/c1-6(2)8(5-9)7(3)4/h5-7H,9H2,1-4H3. The van der Waals surface area contributed by atoms with Crippen LogP contribution in [0.25, 0.3) is 0 Å². The van der Waals surface area contributed by atoms with Crippen molar-refractivity contribution in [3.05, 3.63) is 11.8 Å². The Morgan fingerprint density at radius 2 is 1.44 bits per heavy atom. The molecular weight excluding hydrogens is 110 g/mol. The maximum atomic E-state index is 5.41. The maximum Gasteiger partial charge on any atom is -0.00652 e. The summed E-state index contributed by atoms with van der Waals surface area (Å²) < 4.78 is 0. The summed E-state index contributed by atoms with van der Waals surface area (Å²) in [6.07, 6.45) is 1.73. The van der Waals surface area contributed by atoms with Gasteiger partial charge in [0.15, 0.2) is 0 Å². The second-order valence-electron chi connectivity index (χ2n) is 2.98. The Morgan fingerprint density at radius 3 is 1.44 bits per heavy atom. The second-order valence-corrected chi connectivity index (χ2v) is 2.98. The second kappa shape index (κ2) is 3.54. The van der Waals surface area contributed by atoms with E-state index >= 15 is 0 Å². The van der Waals surface area contributed by atoms with Gasteiger partial charge in [0.2, 0.25) is 0 Å². The molecule has 0 fully saturated rings. The highest BCUT2D eigenvalue weighted by Gasteiger charge is 2.05. The van der Waals surface area contributed by atoms with Gasteiger partial charge in [-0.25, -0.2) is 0 Å². The van der Waals surface area contributed by atoms with E-state index in [0.717, 1.165) is 0 Å². The van der Waals surface area contributed by atoms with Crippen LogP contribution in [0, 0.1) is 11.8 Å². The van der Waals surface area contributed by atoms with Crippen molar-refractivity contribution < 1.29 is 0 Å². The Labute approximate surface area is 57.9 Å². The van der Waals surface area contributed by atoms with Crippen molar-refractivity contribution in [1.82, 2.24) is 0 Å². The number of hydrogen-bond donors (Lipinski definition) is 1. The number of rotatable bonds is 2. The summed E-state index contributed by atoms with van der Waals surface area (Å²) in [6, 6.07) is 0. The molecule has 0 rings (SSSR count). The number of allylic oxidation sites excluding steroid dienone is 1. The Kier molecular flexibility index (Phi) is 3.36. The summed E-state index contributed by atoms with van der Waals surface area (Å²) in [5, 5.41) is 0. The van der Waals surface area contributed by atoms with Crippen LogP contribution in [0.15, 0.2) is 11.8 Å². The van der Waals surface area contributed by atoms with Gasteiger partial charge in [-0.2, -0.15) is 0 Å². The molecule has 0 saturated carbocycles. The fourth-order valence-electron chi connectivity index (χ4n) is 1.05. The first-order chi connectivity index (χ1) is 4.09. The average Bonchev–Trinajstić information content (AvgIpc) is 1.64. The zero-order valence-electron chi connectivity index (χ0n) is 6.81. The summed E-state index contributed by atoms with van der Waals surface area (Å²) in [5.74, 6) is 1.19. The molecule has 1 heteroatoms. The highest BCUT2D eigenvalue weighted by Crippen LogP contribution is 2.17. The summed E-state index contributed by atoms with van der Waals surface area (Å²) in [7, 11) is 0. The first-order valence-corrected chi connectivity index (χ1v) is 3.51. The van der Waals surface area contributed by atoms with Crippen LogP contribution in [0.2, 0.25) is 0 Å². The fraction of sp³-hybridized carbons (Fsp3) is 0.750. The van der Waals surface area contributed by atoms with Crippen LogP contribution in [0.3, 0.4) is 0 Å². The fourth-order valence-corrected chi connectivity index (χ4v) is 1.05. The van der Waals surface area contributed by atoms with Gasteiger partial charge in [-0.1, -0.05) is 27.7 Å². The SMILES string of the molecule is CC(C)C(=CN)C(C)C. The molecule has 2 N–H and O–H groups in total. The van der Waals surface area contributed by atoms with Crippen LogP contribution in [-0.4, -0.2) is 0 Å². The van der Waals surface area contributed by atoms with E-state index in [1.165, 1.54) is 5.57 Å². The van der Waals surface area contributed by atoms with Gasteiger partial charge >= 0.3 is 0 Å². The molecule has 0 bridgehead atoms. The topological polar surface area (TPSA) is 26.0 Å². The van der Waals surface area contributed by atoms with E-state index < -0.39 is 0 Å². The Morgan fingerprint density at radius 1 is 1.11 bits per heavy atom. The van der Waals surface area contributed by atoms with Crippen LogP contribution >= 0.6 is 0 Å². The van der Waals surface area contributed by atoms with Crippen molar-refractivity contribution in [2.75, 3.05) is 0 Å². The molecule has 0 radical (unpaired) electrons. The van der Waals surface area contributed by atoms with Crippen molar-refractivity contribution in [2.45, 2.75) is 27.7 Å². The lowest BCUT2D eigenvalue weighted by Crippen LogP contribution is -2.04. The zero-order valence-corrected chi connectivity index (χ0v) is 6.81. The van der Waals surface area contributed by atoms with E-state index in [1.54, 1.807) is 6.20 Å². The third-order valence-corrected chi connectivity index (χ3v) is 1.53. The monoisotopic (exact) mass is 127 g/mol. The Bertz CT molecular complexity index is 91.1. The normalized spacial score (nSPS) is 10.4. The molecule has 0 aromatic rings. The van der Waals surface area contributed by atoms with Crippen LogP contribution in [-0.2, 0) is 0 Å². The van der Waals surface area contributed by atoms with Gasteiger partial charge in [0.1, 0.15) is 0 Å².